The predicted octanol–water partition coefficient (Wildman–Crippen LogP) is 1.71. The summed E-state index contributed by atoms with van der Waals surface area (Å²) in [6.45, 7) is 6.93. The van der Waals surface area contributed by atoms with Gasteiger partial charge in [0.25, 0.3) is 0 Å². The van der Waals surface area contributed by atoms with Gasteiger partial charge in [0.15, 0.2) is 0 Å². The second kappa shape index (κ2) is 38.6. The molecule has 0 saturated heterocycles. The number of ether oxygens (including phenoxy) is 14. The summed E-state index contributed by atoms with van der Waals surface area (Å²) in [6, 6.07) is 0. The zero-order valence-corrected chi connectivity index (χ0v) is 30.4. The fourth-order valence-corrected chi connectivity index (χ4v) is 4.06. The van der Waals surface area contributed by atoms with Crippen LogP contribution in [-0.4, -0.2) is 191 Å². The Balaban J connectivity index is -0.000000246. The lowest BCUT2D eigenvalue weighted by molar-refractivity contribution is -0.0761. The molecule has 0 N–H and O–H groups in total. The monoisotopic (exact) mass is 652 g/mol. The molecule has 0 unspecified atom stereocenters. The molecule has 14 heteroatoms. The van der Waals surface area contributed by atoms with Gasteiger partial charge >= 0.3 is 0 Å². The Morgan fingerprint density at radius 1 is 0.273 bits per heavy atom. The van der Waals surface area contributed by atoms with Crippen molar-refractivity contribution in [3.63, 3.8) is 0 Å². The Bertz CT molecular complexity index is 401. The molecule has 0 aromatic carbocycles. The van der Waals surface area contributed by atoms with Crippen molar-refractivity contribution >= 4 is 0 Å². The third kappa shape index (κ3) is 30.1. The van der Waals surface area contributed by atoms with Crippen LogP contribution in [0.2, 0.25) is 0 Å². The van der Waals surface area contributed by atoms with Gasteiger partial charge in [-0.3, -0.25) is 0 Å². The van der Waals surface area contributed by atoms with Gasteiger partial charge in [-0.1, -0.05) is 0 Å². The van der Waals surface area contributed by atoms with Crippen LogP contribution in [0.5, 0.6) is 0 Å². The molecular formula is C30H68O14. The van der Waals surface area contributed by atoms with Crippen LogP contribution in [0.4, 0.5) is 0 Å². The summed E-state index contributed by atoms with van der Waals surface area (Å²) >= 11 is 0. The molecule has 44 heavy (non-hydrogen) atoms. The molecule has 0 saturated carbocycles. The quantitative estimate of drug-likeness (QED) is 0.134. The maximum atomic E-state index is 5.12. The first-order valence-corrected chi connectivity index (χ1v) is 14.1. The molecule has 0 spiro atoms. The Morgan fingerprint density at radius 3 is 0.523 bits per heavy atom. The van der Waals surface area contributed by atoms with Crippen LogP contribution >= 0.6 is 0 Å². The van der Waals surface area contributed by atoms with Crippen molar-refractivity contribution in [3.05, 3.63) is 0 Å². The Morgan fingerprint density at radius 2 is 0.432 bits per heavy atom. The summed E-state index contributed by atoms with van der Waals surface area (Å²) in [4.78, 5) is 0. The van der Waals surface area contributed by atoms with Crippen molar-refractivity contribution in [3.8, 4) is 0 Å². The molecule has 0 aliphatic heterocycles. The molecule has 0 aliphatic rings. The molecule has 0 rings (SSSR count). The van der Waals surface area contributed by atoms with Crippen molar-refractivity contribution in [1.29, 1.82) is 0 Å². The van der Waals surface area contributed by atoms with Crippen molar-refractivity contribution in [2.75, 3.05) is 179 Å². The highest BCUT2D eigenvalue weighted by atomic mass is 16.6. The first kappa shape index (κ1) is 50.3. The van der Waals surface area contributed by atoms with E-state index in [1.807, 2.05) is 0 Å². The SMILES string of the molecule is COCC(COC)(COC)COC.COCC(COC)(COC)COC.COCC(COC)OC.COCC(COC)OC. The summed E-state index contributed by atoms with van der Waals surface area (Å²) < 4.78 is 70.3. The average molecular weight is 653 g/mol. The lowest BCUT2D eigenvalue weighted by Gasteiger charge is -2.30. The highest BCUT2D eigenvalue weighted by molar-refractivity contribution is 4.79. The number of methoxy groups -OCH3 is 14. The number of hydrogen-bond acceptors (Lipinski definition) is 14. The van der Waals surface area contributed by atoms with Gasteiger partial charge in [0.1, 0.15) is 12.2 Å². The zero-order chi connectivity index (χ0) is 34.5. The van der Waals surface area contributed by atoms with E-state index in [1.165, 1.54) is 0 Å². The molecule has 0 aromatic heterocycles. The second-order valence-electron chi connectivity index (χ2n) is 10.0. The first-order valence-electron chi connectivity index (χ1n) is 14.1. The standard InChI is InChI=1S/2C9H20O4.2C6H14O3/c2*1-10-5-9(6-11-2,7-12-3)8-13-4;2*1-7-4-6(9-3)5-8-2/h2*5-8H2,1-4H3;2*6H,4-5H2,1-3H3. The minimum Gasteiger partial charge on any atom is -0.384 e. The Hall–Kier alpha value is -0.560. The van der Waals surface area contributed by atoms with Crippen LogP contribution in [-0.2, 0) is 66.3 Å². The average Bonchev–Trinajstić information content (AvgIpc) is 2.99. The van der Waals surface area contributed by atoms with Crippen LogP contribution in [0, 0.1) is 10.8 Å². The molecule has 0 bridgehead atoms. The largest absolute Gasteiger partial charge is 0.384 e. The minimum atomic E-state index is -0.188. The molecule has 0 aromatic rings. The van der Waals surface area contributed by atoms with Crippen molar-refractivity contribution < 1.29 is 66.3 Å². The normalized spacial score (nSPS) is 11.5. The van der Waals surface area contributed by atoms with Gasteiger partial charge in [0.2, 0.25) is 0 Å². The molecule has 0 amide bonds. The highest BCUT2D eigenvalue weighted by Crippen LogP contribution is 2.20. The molecule has 0 fully saturated rings. The van der Waals surface area contributed by atoms with E-state index in [4.69, 9.17) is 66.3 Å². The van der Waals surface area contributed by atoms with E-state index in [9.17, 15) is 0 Å². The minimum absolute atomic E-state index is 0.0694. The van der Waals surface area contributed by atoms with E-state index in [0.29, 0.717) is 79.3 Å². The van der Waals surface area contributed by atoms with E-state index in [2.05, 4.69) is 0 Å². The van der Waals surface area contributed by atoms with Gasteiger partial charge in [-0.05, 0) is 0 Å². The van der Waals surface area contributed by atoms with Crippen molar-refractivity contribution in [1.82, 2.24) is 0 Å². The summed E-state index contributed by atoms with van der Waals surface area (Å²) in [6.07, 6.45) is 0.139. The van der Waals surface area contributed by atoms with Gasteiger partial charge in [0, 0.05) is 99.5 Å². The molecule has 0 aliphatic carbocycles. The fourth-order valence-electron chi connectivity index (χ4n) is 4.06. The molecule has 0 heterocycles. The Labute approximate surface area is 268 Å². The summed E-state index contributed by atoms with van der Waals surface area (Å²) in [5.41, 5.74) is -0.375. The zero-order valence-electron chi connectivity index (χ0n) is 30.4. The van der Waals surface area contributed by atoms with Crippen molar-refractivity contribution in [2.24, 2.45) is 10.8 Å². The van der Waals surface area contributed by atoms with Crippen LogP contribution in [0.25, 0.3) is 0 Å². The maximum Gasteiger partial charge on any atom is 0.104 e. The first-order chi connectivity index (χ1) is 21.2. The Kier molecular flexibility index (Phi) is 44.2. The summed E-state index contributed by atoms with van der Waals surface area (Å²) in [7, 11) is 23.1. The van der Waals surface area contributed by atoms with Crippen LogP contribution in [0.3, 0.4) is 0 Å². The smallest absolute Gasteiger partial charge is 0.104 e. The lowest BCUT2D eigenvalue weighted by atomic mass is 9.92. The third-order valence-electron chi connectivity index (χ3n) is 5.68. The van der Waals surface area contributed by atoms with Gasteiger partial charge < -0.3 is 66.3 Å². The maximum absolute atomic E-state index is 5.12. The van der Waals surface area contributed by atoms with Crippen molar-refractivity contribution in [2.45, 2.75) is 12.2 Å². The number of hydrogen-bond donors (Lipinski definition) is 0. The molecule has 14 nitrogen and oxygen atoms in total. The highest BCUT2D eigenvalue weighted by Gasteiger charge is 2.31. The van der Waals surface area contributed by atoms with E-state index < -0.39 is 0 Å². The van der Waals surface area contributed by atoms with E-state index in [0.717, 1.165) is 0 Å². The molecule has 0 radical (unpaired) electrons. The van der Waals surface area contributed by atoms with Crippen LogP contribution in [0.1, 0.15) is 0 Å². The van der Waals surface area contributed by atoms with Gasteiger partial charge in [0.05, 0.1) is 90.1 Å². The predicted molar refractivity (Wildman–Crippen MR) is 169 cm³/mol. The van der Waals surface area contributed by atoms with Gasteiger partial charge in [-0.25, -0.2) is 0 Å². The van der Waals surface area contributed by atoms with Gasteiger partial charge in [-0.15, -0.1) is 0 Å². The van der Waals surface area contributed by atoms with E-state index in [-0.39, 0.29) is 23.0 Å². The second-order valence-corrected chi connectivity index (χ2v) is 10.0. The summed E-state index contributed by atoms with van der Waals surface area (Å²) in [5, 5.41) is 0. The number of rotatable bonds is 26. The molecular weight excluding hydrogens is 584 g/mol. The fraction of sp³-hybridized carbons (Fsp3) is 1.00. The topological polar surface area (TPSA) is 129 Å². The van der Waals surface area contributed by atoms with Gasteiger partial charge in [-0.2, -0.15) is 0 Å². The van der Waals surface area contributed by atoms with E-state index in [1.54, 1.807) is 99.5 Å². The summed E-state index contributed by atoms with van der Waals surface area (Å²) in [5.74, 6) is 0. The van der Waals surface area contributed by atoms with Crippen LogP contribution < -0.4 is 0 Å². The molecule has 272 valence electrons. The molecule has 0 atom stereocenters. The third-order valence-corrected chi connectivity index (χ3v) is 5.68. The van der Waals surface area contributed by atoms with E-state index >= 15 is 0 Å². The van der Waals surface area contributed by atoms with Crippen LogP contribution in [0.15, 0.2) is 0 Å². The lowest BCUT2D eigenvalue weighted by Crippen LogP contribution is -2.40.